The molecular formula is C10H20N4O. The molecule has 5 heteroatoms. The summed E-state index contributed by atoms with van der Waals surface area (Å²) in [6.45, 7) is 5.31. The van der Waals surface area contributed by atoms with Gasteiger partial charge in [0.15, 0.2) is 0 Å². The molecule has 1 fully saturated rings. The minimum Gasteiger partial charge on any atom is -0.386 e. The highest BCUT2D eigenvalue weighted by Gasteiger charge is 2.30. The normalized spacial score (nSPS) is 19.7. The van der Waals surface area contributed by atoms with Gasteiger partial charge in [0.1, 0.15) is 5.84 Å². The lowest BCUT2D eigenvalue weighted by molar-refractivity contribution is 0.201. The fourth-order valence-electron chi connectivity index (χ4n) is 1.58. The zero-order valence-corrected chi connectivity index (χ0v) is 9.47. The molecule has 15 heavy (non-hydrogen) atoms. The van der Waals surface area contributed by atoms with E-state index in [0.717, 1.165) is 25.9 Å². The van der Waals surface area contributed by atoms with Crippen molar-refractivity contribution in [2.75, 3.05) is 13.1 Å². The van der Waals surface area contributed by atoms with Crippen LogP contribution >= 0.6 is 0 Å². The number of rotatable bonds is 3. The van der Waals surface area contributed by atoms with E-state index in [1.807, 2.05) is 6.92 Å². The molecular weight excluding hydrogens is 192 g/mol. The summed E-state index contributed by atoms with van der Waals surface area (Å²) in [4.78, 5) is 13.6. The third-order valence-electron chi connectivity index (χ3n) is 3.08. The molecule has 0 saturated carbocycles. The summed E-state index contributed by atoms with van der Waals surface area (Å²) in [5.41, 5.74) is 4.77. The van der Waals surface area contributed by atoms with Crippen LogP contribution in [-0.4, -0.2) is 35.4 Å². The van der Waals surface area contributed by atoms with E-state index in [0.29, 0.717) is 6.42 Å². The van der Waals surface area contributed by atoms with E-state index in [9.17, 15) is 4.79 Å². The Bertz CT molecular complexity index is 260. The zero-order valence-electron chi connectivity index (χ0n) is 9.47. The molecule has 0 aliphatic carbocycles. The number of amides is 2. The molecule has 1 rings (SSSR count). The van der Waals surface area contributed by atoms with E-state index in [1.165, 1.54) is 0 Å². The molecule has 1 aliphatic heterocycles. The van der Waals surface area contributed by atoms with Crippen LogP contribution in [0.2, 0.25) is 0 Å². The van der Waals surface area contributed by atoms with Crippen LogP contribution in [0.3, 0.4) is 0 Å². The lowest BCUT2D eigenvalue weighted by atomic mass is 9.98. The second kappa shape index (κ2) is 4.51. The molecule has 1 atom stereocenters. The topological polar surface area (TPSA) is 82.2 Å². The second-order valence-electron chi connectivity index (χ2n) is 4.22. The van der Waals surface area contributed by atoms with Crippen LogP contribution in [0.1, 0.15) is 33.1 Å². The van der Waals surface area contributed by atoms with Gasteiger partial charge >= 0.3 is 6.03 Å². The first-order valence-electron chi connectivity index (χ1n) is 5.41. The van der Waals surface area contributed by atoms with E-state index in [2.05, 4.69) is 5.32 Å². The Labute approximate surface area is 90.5 Å². The van der Waals surface area contributed by atoms with Gasteiger partial charge in [-0.1, -0.05) is 6.92 Å². The van der Waals surface area contributed by atoms with E-state index >= 15 is 0 Å². The Kier molecular flexibility index (Phi) is 3.55. The average molecular weight is 212 g/mol. The molecule has 5 nitrogen and oxygen atoms in total. The first-order chi connectivity index (χ1) is 6.99. The van der Waals surface area contributed by atoms with Gasteiger partial charge in [-0.3, -0.25) is 5.41 Å². The third kappa shape index (κ3) is 2.61. The van der Waals surface area contributed by atoms with Crippen molar-refractivity contribution in [1.82, 2.24) is 10.2 Å². The van der Waals surface area contributed by atoms with Gasteiger partial charge in [-0.2, -0.15) is 0 Å². The van der Waals surface area contributed by atoms with Gasteiger partial charge in [-0.25, -0.2) is 4.79 Å². The highest BCUT2D eigenvalue weighted by Crippen LogP contribution is 2.12. The lowest BCUT2D eigenvalue weighted by Crippen LogP contribution is -2.57. The molecule has 1 saturated heterocycles. The van der Waals surface area contributed by atoms with Crippen LogP contribution in [0, 0.1) is 5.41 Å². The molecule has 0 aromatic rings. The third-order valence-corrected chi connectivity index (χ3v) is 3.08. The van der Waals surface area contributed by atoms with Gasteiger partial charge in [0.2, 0.25) is 0 Å². The van der Waals surface area contributed by atoms with Gasteiger partial charge in [-0.05, 0) is 26.2 Å². The predicted octanol–water partition coefficient (Wildman–Crippen LogP) is 0.896. The SMILES string of the molecule is CCC(C)(NC(=O)N1CCCC1)C(=N)N. The van der Waals surface area contributed by atoms with E-state index in [-0.39, 0.29) is 11.9 Å². The van der Waals surface area contributed by atoms with E-state index < -0.39 is 5.54 Å². The number of nitrogens with two attached hydrogens (primary N) is 1. The fraction of sp³-hybridized carbons (Fsp3) is 0.800. The van der Waals surface area contributed by atoms with Crippen LogP contribution < -0.4 is 11.1 Å². The Morgan fingerprint density at radius 3 is 2.47 bits per heavy atom. The zero-order chi connectivity index (χ0) is 11.5. The maximum atomic E-state index is 11.8. The molecule has 0 aromatic heterocycles. The lowest BCUT2D eigenvalue weighted by Gasteiger charge is -2.30. The number of nitrogens with one attached hydrogen (secondary N) is 2. The van der Waals surface area contributed by atoms with Crippen LogP contribution in [-0.2, 0) is 0 Å². The summed E-state index contributed by atoms with van der Waals surface area (Å²) >= 11 is 0. The summed E-state index contributed by atoms with van der Waals surface area (Å²) in [7, 11) is 0. The molecule has 0 radical (unpaired) electrons. The number of likely N-dealkylation sites (tertiary alicyclic amines) is 1. The van der Waals surface area contributed by atoms with Gasteiger partial charge in [0, 0.05) is 13.1 Å². The molecule has 86 valence electrons. The number of amidine groups is 1. The Morgan fingerprint density at radius 1 is 1.53 bits per heavy atom. The van der Waals surface area contributed by atoms with Crippen molar-refractivity contribution in [3.8, 4) is 0 Å². The minimum atomic E-state index is -0.709. The largest absolute Gasteiger partial charge is 0.386 e. The average Bonchev–Trinajstić information content (AvgIpc) is 2.70. The summed E-state index contributed by atoms with van der Waals surface area (Å²) in [5.74, 6) is 0.0116. The maximum Gasteiger partial charge on any atom is 0.318 e. The molecule has 1 heterocycles. The van der Waals surface area contributed by atoms with Gasteiger partial charge in [0.05, 0.1) is 5.54 Å². The molecule has 4 N–H and O–H groups in total. The van der Waals surface area contributed by atoms with Crippen LogP contribution in [0.4, 0.5) is 4.79 Å². The number of nitrogens with zero attached hydrogens (tertiary/aromatic N) is 1. The Hall–Kier alpha value is -1.26. The highest BCUT2D eigenvalue weighted by atomic mass is 16.2. The van der Waals surface area contributed by atoms with E-state index in [4.69, 9.17) is 11.1 Å². The smallest absolute Gasteiger partial charge is 0.318 e. The summed E-state index contributed by atoms with van der Waals surface area (Å²) in [6, 6.07) is -0.105. The fourth-order valence-corrected chi connectivity index (χ4v) is 1.58. The second-order valence-corrected chi connectivity index (χ2v) is 4.22. The van der Waals surface area contributed by atoms with Gasteiger partial charge in [-0.15, -0.1) is 0 Å². The number of hydrogen-bond donors (Lipinski definition) is 3. The monoisotopic (exact) mass is 212 g/mol. The van der Waals surface area contributed by atoms with Crippen LogP contribution in [0.5, 0.6) is 0 Å². The molecule has 2 amide bonds. The van der Waals surface area contributed by atoms with Gasteiger partial charge < -0.3 is 16.0 Å². The molecule has 1 aliphatic rings. The number of carbonyl (C=O) groups excluding carboxylic acids is 1. The highest BCUT2D eigenvalue weighted by molar-refractivity contribution is 5.91. The molecule has 1 unspecified atom stereocenters. The molecule has 0 aromatic carbocycles. The Balaban J connectivity index is 2.58. The van der Waals surface area contributed by atoms with E-state index in [1.54, 1.807) is 11.8 Å². The van der Waals surface area contributed by atoms with Crippen LogP contribution in [0.15, 0.2) is 0 Å². The van der Waals surface area contributed by atoms with Crippen molar-refractivity contribution in [3.05, 3.63) is 0 Å². The number of urea groups is 1. The summed E-state index contributed by atoms with van der Waals surface area (Å²) in [5, 5.41) is 10.3. The quantitative estimate of drug-likeness (QED) is 0.480. The number of hydrogen-bond acceptors (Lipinski definition) is 2. The first-order valence-corrected chi connectivity index (χ1v) is 5.41. The van der Waals surface area contributed by atoms with Crippen molar-refractivity contribution in [1.29, 1.82) is 5.41 Å². The molecule has 0 spiro atoms. The van der Waals surface area contributed by atoms with Crippen molar-refractivity contribution >= 4 is 11.9 Å². The summed E-state index contributed by atoms with van der Waals surface area (Å²) < 4.78 is 0. The van der Waals surface area contributed by atoms with Crippen molar-refractivity contribution in [2.24, 2.45) is 5.73 Å². The predicted molar refractivity (Wildman–Crippen MR) is 59.9 cm³/mol. The van der Waals surface area contributed by atoms with Crippen molar-refractivity contribution in [2.45, 2.75) is 38.6 Å². The molecule has 0 bridgehead atoms. The van der Waals surface area contributed by atoms with Crippen molar-refractivity contribution < 1.29 is 4.79 Å². The maximum absolute atomic E-state index is 11.8. The first kappa shape index (κ1) is 11.8. The van der Waals surface area contributed by atoms with Crippen LogP contribution in [0.25, 0.3) is 0 Å². The standard InChI is InChI=1S/C10H20N4O/c1-3-10(2,8(11)12)13-9(15)14-6-4-5-7-14/h3-7H2,1-2H3,(H3,11,12)(H,13,15). The summed E-state index contributed by atoms with van der Waals surface area (Å²) in [6.07, 6.45) is 2.76. The number of carbonyl (C=O) groups is 1. The van der Waals surface area contributed by atoms with Crippen molar-refractivity contribution in [3.63, 3.8) is 0 Å². The minimum absolute atomic E-state index is 0.0116. The van der Waals surface area contributed by atoms with Gasteiger partial charge in [0.25, 0.3) is 0 Å². The Morgan fingerprint density at radius 2 is 2.07 bits per heavy atom.